The van der Waals surface area contributed by atoms with Gasteiger partial charge in [-0.1, -0.05) is 6.92 Å². The summed E-state index contributed by atoms with van der Waals surface area (Å²) in [4.78, 5) is 0. The van der Waals surface area contributed by atoms with Gasteiger partial charge in [0.15, 0.2) is 0 Å². The molecule has 4 nitrogen and oxygen atoms in total. The zero-order valence-electron chi connectivity index (χ0n) is 9.75. The molecular formula is C10H21NO3S. The highest BCUT2D eigenvalue weighted by Crippen LogP contribution is 2.19. The molecule has 15 heavy (non-hydrogen) atoms. The molecule has 0 aromatic rings. The summed E-state index contributed by atoms with van der Waals surface area (Å²) in [5.74, 6) is 0. The van der Waals surface area contributed by atoms with E-state index in [1.54, 1.807) is 13.8 Å². The highest BCUT2D eigenvalue weighted by Gasteiger charge is 2.32. The fraction of sp³-hybridized carbons (Fsp3) is 1.00. The lowest BCUT2D eigenvalue weighted by molar-refractivity contribution is 0.114. The van der Waals surface area contributed by atoms with Gasteiger partial charge in [-0.05, 0) is 33.1 Å². The SMILES string of the molecule is CCC(C)(C)S(=O)(=O)NCC1CCCO1. The van der Waals surface area contributed by atoms with Gasteiger partial charge in [-0.25, -0.2) is 13.1 Å². The molecule has 1 heterocycles. The normalized spacial score (nSPS) is 23.3. The van der Waals surface area contributed by atoms with Gasteiger partial charge in [0, 0.05) is 13.2 Å². The highest BCUT2D eigenvalue weighted by atomic mass is 32.2. The first kappa shape index (κ1) is 12.9. The molecule has 1 saturated heterocycles. The van der Waals surface area contributed by atoms with Crippen LogP contribution in [0.25, 0.3) is 0 Å². The summed E-state index contributed by atoms with van der Waals surface area (Å²) >= 11 is 0. The van der Waals surface area contributed by atoms with E-state index in [1.165, 1.54) is 0 Å². The van der Waals surface area contributed by atoms with Gasteiger partial charge in [0.05, 0.1) is 10.9 Å². The first-order valence-electron chi connectivity index (χ1n) is 5.50. The van der Waals surface area contributed by atoms with E-state index in [1.807, 2.05) is 6.92 Å². The molecule has 0 aromatic heterocycles. The first-order valence-corrected chi connectivity index (χ1v) is 6.98. The zero-order valence-corrected chi connectivity index (χ0v) is 10.6. The Morgan fingerprint density at radius 1 is 1.47 bits per heavy atom. The minimum atomic E-state index is -3.23. The van der Waals surface area contributed by atoms with Crippen molar-refractivity contribution in [1.29, 1.82) is 0 Å². The van der Waals surface area contributed by atoms with Crippen LogP contribution in [-0.2, 0) is 14.8 Å². The van der Waals surface area contributed by atoms with Crippen molar-refractivity contribution in [2.24, 2.45) is 0 Å². The van der Waals surface area contributed by atoms with E-state index in [-0.39, 0.29) is 6.10 Å². The lowest BCUT2D eigenvalue weighted by atomic mass is 10.1. The number of rotatable bonds is 5. The van der Waals surface area contributed by atoms with Crippen molar-refractivity contribution in [1.82, 2.24) is 4.72 Å². The topological polar surface area (TPSA) is 55.4 Å². The van der Waals surface area contributed by atoms with Crippen LogP contribution >= 0.6 is 0 Å². The number of nitrogens with one attached hydrogen (secondary N) is 1. The van der Waals surface area contributed by atoms with Crippen LogP contribution in [0, 0.1) is 0 Å². The minimum Gasteiger partial charge on any atom is -0.377 e. The zero-order chi connectivity index (χ0) is 11.5. The van der Waals surface area contributed by atoms with E-state index >= 15 is 0 Å². The Bertz CT molecular complexity index is 292. The molecule has 1 rings (SSSR count). The lowest BCUT2D eigenvalue weighted by Gasteiger charge is -2.24. The van der Waals surface area contributed by atoms with Gasteiger partial charge in [-0.2, -0.15) is 0 Å². The van der Waals surface area contributed by atoms with Crippen molar-refractivity contribution in [3.8, 4) is 0 Å². The monoisotopic (exact) mass is 235 g/mol. The predicted molar refractivity (Wildman–Crippen MR) is 60.3 cm³/mol. The van der Waals surface area contributed by atoms with Crippen LogP contribution in [-0.4, -0.2) is 32.4 Å². The molecule has 0 radical (unpaired) electrons. The molecule has 1 fully saturated rings. The first-order chi connectivity index (χ1) is 6.89. The fourth-order valence-electron chi connectivity index (χ4n) is 1.39. The Hall–Kier alpha value is -0.130. The molecule has 0 aromatic carbocycles. The van der Waals surface area contributed by atoms with Gasteiger partial charge >= 0.3 is 0 Å². The van der Waals surface area contributed by atoms with Crippen molar-refractivity contribution in [2.45, 2.75) is 50.9 Å². The second-order valence-electron chi connectivity index (χ2n) is 4.60. The van der Waals surface area contributed by atoms with Crippen molar-refractivity contribution in [3.63, 3.8) is 0 Å². The maximum atomic E-state index is 11.9. The third-order valence-corrected chi connectivity index (χ3v) is 5.39. The van der Waals surface area contributed by atoms with Crippen LogP contribution in [0.15, 0.2) is 0 Å². The molecule has 1 atom stereocenters. The van der Waals surface area contributed by atoms with E-state index in [0.29, 0.717) is 13.0 Å². The van der Waals surface area contributed by atoms with Crippen LogP contribution in [0.1, 0.15) is 40.0 Å². The maximum absolute atomic E-state index is 11.9. The fourth-order valence-corrected chi connectivity index (χ4v) is 2.57. The van der Waals surface area contributed by atoms with Crippen LogP contribution in [0.2, 0.25) is 0 Å². The summed E-state index contributed by atoms with van der Waals surface area (Å²) in [6, 6.07) is 0. The second kappa shape index (κ2) is 4.80. The van der Waals surface area contributed by atoms with E-state index in [9.17, 15) is 8.42 Å². The largest absolute Gasteiger partial charge is 0.377 e. The number of sulfonamides is 1. The molecule has 0 saturated carbocycles. The third-order valence-electron chi connectivity index (χ3n) is 3.10. The summed E-state index contributed by atoms with van der Waals surface area (Å²) in [5.41, 5.74) is 0. The van der Waals surface area contributed by atoms with E-state index in [0.717, 1.165) is 19.4 Å². The molecule has 5 heteroatoms. The summed E-state index contributed by atoms with van der Waals surface area (Å²) in [6.45, 7) is 6.52. The Kier molecular flexibility index (Phi) is 4.14. The predicted octanol–water partition coefficient (Wildman–Crippen LogP) is 1.27. The van der Waals surface area contributed by atoms with Gasteiger partial charge in [0.1, 0.15) is 0 Å². The Balaban J connectivity index is 2.49. The molecular weight excluding hydrogens is 214 g/mol. The molecule has 1 N–H and O–H groups in total. The highest BCUT2D eigenvalue weighted by molar-refractivity contribution is 7.90. The summed E-state index contributed by atoms with van der Waals surface area (Å²) in [5, 5.41) is 0. The Morgan fingerprint density at radius 2 is 2.13 bits per heavy atom. The van der Waals surface area contributed by atoms with Crippen LogP contribution in [0.4, 0.5) is 0 Å². The standard InChI is InChI=1S/C10H21NO3S/c1-4-10(2,3)15(12,13)11-8-9-6-5-7-14-9/h9,11H,4-8H2,1-3H3. The van der Waals surface area contributed by atoms with Crippen LogP contribution < -0.4 is 4.72 Å². The molecule has 0 bridgehead atoms. The van der Waals surface area contributed by atoms with Crippen LogP contribution in [0.5, 0.6) is 0 Å². The lowest BCUT2D eigenvalue weighted by Crippen LogP contribution is -2.43. The van der Waals surface area contributed by atoms with Crippen LogP contribution in [0.3, 0.4) is 0 Å². The van der Waals surface area contributed by atoms with Crippen molar-refractivity contribution in [3.05, 3.63) is 0 Å². The quantitative estimate of drug-likeness (QED) is 0.781. The van der Waals surface area contributed by atoms with E-state index < -0.39 is 14.8 Å². The number of hydrogen-bond acceptors (Lipinski definition) is 3. The van der Waals surface area contributed by atoms with Crippen molar-refractivity contribution >= 4 is 10.0 Å². The summed E-state index contributed by atoms with van der Waals surface area (Å²) in [6.07, 6.45) is 2.65. The summed E-state index contributed by atoms with van der Waals surface area (Å²) < 4.78 is 31.1. The second-order valence-corrected chi connectivity index (χ2v) is 7.00. The molecule has 0 spiro atoms. The van der Waals surface area contributed by atoms with Gasteiger partial charge in [-0.15, -0.1) is 0 Å². The van der Waals surface area contributed by atoms with E-state index in [2.05, 4.69) is 4.72 Å². The van der Waals surface area contributed by atoms with E-state index in [4.69, 9.17) is 4.74 Å². The number of ether oxygens (including phenoxy) is 1. The maximum Gasteiger partial charge on any atom is 0.216 e. The van der Waals surface area contributed by atoms with Gasteiger partial charge in [-0.3, -0.25) is 0 Å². The third kappa shape index (κ3) is 3.16. The minimum absolute atomic E-state index is 0.0624. The Morgan fingerprint density at radius 3 is 2.60 bits per heavy atom. The van der Waals surface area contributed by atoms with Gasteiger partial charge < -0.3 is 4.74 Å². The molecule has 1 aliphatic rings. The number of hydrogen-bond donors (Lipinski definition) is 1. The average Bonchev–Trinajstić information content (AvgIpc) is 2.67. The van der Waals surface area contributed by atoms with Gasteiger partial charge in [0.25, 0.3) is 0 Å². The average molecular weight is 235 g/mol. The summed E-state index contributed by atoms with van der Waals surface area (Å²) in [7, 11) is -3.23. The molecule has 1 aliphatic heterocycles. The molecule has 0 amide bonds. The molecule has 1 unspecified atom stereocenters. The van der Waals surface area contributed by atoms with Gasteiger partial charge in [0.2, 0.25) is 10.0 Å². The Labute approximate surface area is 92.4 Å². The smallest absolute Gasteiger partial charge is 0.216 e. The van der Waals surface area contributed by atoms with Crippen molar-refractivity contribution in [2.75, 3.05) is 13.2 Å². The van der Waals surface area contributed by atoms with Crippen molar-refractivity contribution < 1.29 is 13.2 Å². The molecule has 90 valence electrons. The molecule has 0 aliphatic carbocycles.